The van der Waals surface area contributed by atoms with Crippen molar-refractivity contribution in [2.45, 2.75) is 19.4 Å². The molecule has 2 atom stereocenters. The summed E-state index contributed by atoms with van der Waals surface area (Å²) < 4.78 is 0. The lowest BCUT2D eigenvalue weighted by Crippen LogP contribution is -2.31. The number of carbonyl (C=O) groups excluding carboxylic acids is 2. The number of pyridine rings is 1. The van der Waals surface area contributed by atoms with E-state index in [-0.39, 0.29) is 23.1 Å². The lowest BCUT2D eigenvalue weighted by molar-refractivity contribution is -0.123. The summed E-state index contributed by atoms with van der Waals surface area (Å²) in [4.78, 5) is 31.0. The van der Waals surface area contributed by atoms with E-state index in [1.807, 2.05) is 17.0 Å². The molecule has 1 aliphatic carbocycles. The fourth-order valence-electron chi connectivity index (χ4n) is 3.86. The number of rotatable bonds is 4. The zero-order valence-corrected chi connectivity index (χ0v) is 15.1. The number of amides is 2. The molecular weight excluding hydrogens is 350 g/mol. The van der Waals surface area contributed by atoms with Gasteiger partial charge in [0.15, 0.2) is 0 Å². The smallest absolute Gasteiger partial charge is 0.253 e. The normalized spacial score (nSPS) is 23.9. The SMILES string of the molecule is O=C(NCc1cccnc1)[C@@H]1C[C@]12CCN(C(=O)c1cccc(Cl)c1)C2. The van der Waals surface area contributed by atoms with Crippen molar-refractivity contribution in [1.29, 1.82) is 0 Å². The quantitative estimate of drug-likeness (QED) is 0.901. The number of aromatic nitrogens is 1. The molecule has 0 radical (unpaired) electrons. The summed E-state index contributed by atoms with van der Waals surface area (Å²) in [7, 11) is 0. The summed E-state index contributed by atoms with van der Waals surface area (Å²) in [6, 6.07) is 10.8. The van der Waals surface area contributed by atoms with Gasteiger partial charge >= 0.3 is 0 Å². The molecule has 1 N–H and O–H groups in total. The van der Waals surface area contributed by atoms with Crippen molar-refractivity contribution in [1.82, 2.24) is 15.2 Å². The first-order valence-corrected chi connectivity index (χ1v) is 9.17. The van der Waals surface area contributed by atoms with Gasteiger partial charge in [0, 0.05) is 53.9 Å². The van der Waals surface area contributed by atoms with Crippen LogP contribution in [0, 0.1) is 11.3 Å². The lowest BCUT2D eigenvalue weighted by atomic mass is 10.0. The molecule has 2 aliphatic rings. The molecule has 0 unspecified atom stereocenters. The van der Waals surface area contributed by atoms with Gasteiger partial charge in [-0.15, -0.1) is 0 Å². The molecule has 1 aromatic heterocycles. The monoisotopic (exact) mass is 369 g/mol. The van der Waals surface area contributed by atoms with Crippen LogP contribution in [-0.4, -0.2) is 34.8 Å². The number of nitrogens with zero attached hydrogens (tertiary/aromatic N) is 2. The maximum Gasteiger partial charge on any atom is 0.253 e. The fraction of sp³-hybridized carbons (Fsp3) is 0.350. The number of hydrogen-bond acceptors (Lipinski definition) is 3. The van der Waals surface area contributed by atoms with Crippen molar-refractivity contribution in [2.24, 2.45) is 11.3 Å². The van der Waals surface area contributed by atoms with Crippen LogP contribution in [0.5, 0.6) is 0 Å². The first-order valence-electron chi connectivity index (χ1n) is 8.79. The van der Waals surface area contributed by atoms with E-state index in [0.717, 1.165) is 18.4 Å². The fourth-order valence-corrected chi connectivity index (χ4v) is 4.05. The highest BCUT2D eigenvalue weighted by Crippen LogP contribution is 2.58. The first kappa shape index (κ1) is 17.0. The third-order valence-corrected chi connectivity index (χ3v) is 5.67. The molecule has 1 aliphatic heterocycles. The average Bonchev–Trinajstić information content (AvgIpc) is 3.20. The second kappa shape index (κ2) is 6.72. The Morgan fingerprint density at radius 3 is 2.96 bits per heavy atom. The standard InChI is InChI=1S/C20H20ClN3O2/c21-16-5-1-4-15(9-16)19(26)24-8-6-20(13-24)10-17(20)18(25)23-12-14-3-2-7-22-11-14/h1-5,7,9,11,17H,6,8,10,12-13H2,(H,23,25)/t17-,20-/m0/s1. The molecule has 0 bridgehead atoms. The van der Waals surface area contributed by atoms with Crippen LogP contribution in [0.2, 0.25) is 5.02 Å². The minimum absolute atomic E-state index is 0.00340. The van der Waals surface area contributed by atoms with Crippen LogP contribution in [0.1, 0.15) is 28.8 Å². The molecule has 1 aromatic carbocycles. The highest BCUT2D eigenvalue weighted by molar-refractivity contribution is 6.30. The van der Waals surface area contributed by atoms with E-state index in [9.17, 15) is 9.59 Å². The van der Waals surface area contributed by atoms with Crippen LogP contribution in [0.15, 0.2) is 48.8 Å². The Morgan fingerprint density at radius 1 is 1.31 bits per heavy atom. The van der Waals surface area contributed by atoms with Crippen LogP contribution in [0.4, 0.5) is 0 Å². The van der Waals surface area contributed by atoms with Gasteiger partial charge in [0.05, 0.1) is 0 Å². The third kappa shape index (κ3) is 3.31. The Hall–Kier alpha value is -2.40. The van der Waals surface area contributed by atoms with Gasteiger partial charge in [-0.2, -0.15) is 0 Å². The van der Waals surface area contributed by atoms with Gasteiger partial charge in [-0.3, -0.25) is 14.6 Å². The number of nitrogens with one attached hydrogen (secondary N) is 1. The largest absolute Gasteiger partial charge is 0.352 e. The molecule has 2 amide bonds. The number of halogens is 1. The second-order valence-electron chi connectivity index (χ2n) is 7.19. The molecule has 6 heteroatoms. The van der Waals surface area contributed by atoms with Gasteiger partial charge in [0.2, 0.25) is 5.91 Å². The molecule has 1 saturated carbocycles. The Kier molecular flexibility index (Phi) is 4.41. The molecule has 2 heterocycles. The summed E-state index contributed by atoms with van der Waals surface area (Å²) in [5.41, 5.74) is 1.54. The van der Waals surface area contributed by atoms with Crippen LogP contribution >= 0.6 is 11.6 Å². The molecule has 2 fully saturated rings. The lowest BCUT2D eigenvalue weighted by Gasteiger charge is -2.17. The molecule has 134 valence electrons. The number of likely N-dealkylation sites (tertiary alicyclic amines) is 1. The zero-order valence-electron chi connectivity index (χ0n) is 14.3. The molecular formula is C20H20ClN3O2. The van der Waals surface area contributed by atoms with Gasteiger partial charge in [-0.25, -0.2) is 0 Å². The van der Waals surface area contributed by atoms with E-state index in [4.69, 9.17) is 11.6 Å². The minimum Gasteiger partial charge on any atom is -0.352 e. The van der Waals surface area contributed by atoms with Crippen molar-refractivity contribution < 1.29 is 9.59 Å². The second-order valence-corrected chi connectivity index (χ2v) is 7.62. The molecule has 4 rings (SSSR count). The Morgan fingerprint density at radius 2 is 2.19 bits per heavy atom. The summed E-state index contributed by atoms with van der Waals surface area (Å²) in [5.74, 6) is 0.0630. The van der Waals surface area contributed by atoms with E-state index in [1.54, 1.807) is 36.7 Å². The zero-order chi connectivity index (χ0) is 18.1. The average molecular weight is 370 g/mol. The van der Waals surface area contributed by atoms with Crippen molar-refractivity contribution in [3.63, 3.8) is 0 Å². The molecule has 2 aromatic rings. The van der Waals surface area contributed by atoms with Crippen molar-refractivity contribution in [3.05, 3.63) is 64.9 Å². The molecule has 5 nitrogen and oxygen atoms in total. The van der Waals surface area contributed by atoms with Crippen molar-refractivity contribution >= 4 is 23.4 Å². The van der Waals surface area contributed by atoms with E-state index in [0.29, 0.717) is 30.2 Å². The Bertz CT molecular complexity index is 842. The highest BCUT2D eigenvalue weighted by Gasteiger charge is 2.61. The maximum absolute atomic E-state index is 12.7. The van der Waals surface area contributed by atoms with Crippen LogP contribution in [-0.2, 0) is 11.3 Å². The Balaban J connectivity index is 1.34. The van der Waals surface area contributed by atoms with Crippen LogP contribution in [0.25, 0.3) is 0 Å². The molecule has 26 heavy (non-hydrogen) atoms. The predicted molar refractivity (Wildman–Crippen MR) is 98.6 cm³/mol. The van der Waals surface area contributed by atoms with Gasteiger partial charge in [-0.1, -0.05) is 23.7 Å². The van der Waals surface area contributed by atoms with Crippen LogP contribution in [0.3, 0.4) is 0 Å². The predicted octanol–water partition coefficient (Wildman–Crippen LogP) is 2.90. The summed E-state index contributed by atoms with van der Waals surface area (Å²) in [6.45, 7) is 1.82. The van der Waals surface area contributed by atoms with Crippen LogP contribution < -0.4 is 5.32 Å². The molecule has 1 spiro atoms. The first-order chi connectivity index (χ1) is 12.6. The van der Waals surface area contributed by atoms with Gasteiger partial charge in [0.25, 0.3) is 5.91 Å². The number of carbonyl (C=O) groups is 2. The van der Waals surface area contributed by atoms with E-state index < -0.39 is 0 Å². The van der Waals surface area contributed by atoms with Crippen molar-refractivity contribution in [3.8, 4) is 0 Å². The Labute approximate surface area is 157 Å². The van der Waals surface area contributed by atoms with Gasteiger partial charge in [-0.05, 0) is 42.7 Å². The highest BCUT2D eigenvalue weighted by atomic mass is 35.5. The molecule has 1 saturated heterocycles. The topological polar surface area (TPSA) is 62.3 Å². The summed E-state index contributed by atoms with van der Waals surface area (Å²) in [6.07, 6.45) is 5.20. The van der Waals surface area contributed by atoms with E-state index in [1.165, 1.54) is 0 Å². The third-order valence-electron chi connectivity index (χ3n) is 5.44. The number of hydrogen-bond donors (Lipinski definition) is 1. The maximum atomic E-state index is 12.7. The number of benzene rings is 1. The van der Waals surface area contributed by atoms with Crippen molar-refractivity contribution in [2.75, 3.05) is 13.1 Å². The summed E-state index contributed by atoms with van der Waals surface area (Å²) in [5, 5.41) is 3.55. The summed E-state index contributed by atoms with van der Waals surface area (Å²) >= 11 is 5.99. The van der Waals surface area contributed by atoms with Gasteiger partial charge < -0.3 is 10.2 Å². The van der Waals surface area contributed by atoms with E-state index >= 15 is 0 Å². The minimum atomic E-state index is -0.0484. The van der Waals surface area contributed by atoms with E-state index in [2.05, 4.69) is 10.3 Å². The van der Waals surface area contributed by atoms with Gasteiger partial charge in [0.1, 0.15) is 0 Å².